The first-order valence-electron chi connectivity index (χ1n) is 18.7. The van der Waals surface area contributed by atoms with Crippen molar-refractivity contribution in [1.29, 1.82) is 0 Å². The molecule has 13 rings (SSSR count). The predicted molar refractivity (Wildman–Crippen MR) is 214 cm³/mol. The second kappa shape index (κ2) is 9.71. The van der Waals surface area contributed by atoms with Crippen molar-refractivity contribution in [3.05, 3.63) is 180 Å². The number of para-hydroxylation sites is 1. The number of aromatic nitrogens is 4. The van der Waals surface area contributed by atoms with E-state index in [-0.39, 0.29) is 0 Å². The quantitative estimate of drug-likeness (QED) is 0.131. The van der Waals surface area contributed by atoms with Crippen LogP contribution >= 0.6 is 0 Å². The lowest BCUT2D eigenvalue weighted by molar-refractivity contribution is -0.995. The van der Waals surface area contributed by atoms with Gasteiger partial charge in [-0.25, -0.2) is 0 Å². The van der Waals surface area contributed by atoms with Crippen molar-refractivity contribution in [1.82, 2.24) is 9.25 Å². The van der Waals surface area contributed by atoms with Crippen LogP contribution in [0.2, 0.25) is 0 Å². The second-order valence-electron chi connectivity index (χ2n) is 15.0. The monoisotopic (exact) mass is 692 g/mol. The van der Waals surface area contributed by atoms with Crippen molar-refractivity contribution < 1.29 is 14.0 Å². The van der Waals surface area contributed by atoms with Gasteiger partial charge in [-0.15, -0.1) is 4.68 Å². The molecule has 7 aromatic carbocycles. The molecule has 0 fully saturated rings. The Morgan fingerprint density at radius 2 is 1.22 bits per heavy atom. The fourth-order valence-electron chi connectivity index (χ4n) is 10.5. The van der Waals surface area contributed by atoms with Crippen molar-refractivity contribution in [2.45, 2.75) is 19.5 Å². The highest BCUT2D eigenvalue weighted by atomic mass is 16.5. The average Bonchev–Trinajstić information content (AvgIpc) is 3.82. The van der Waals surface area contributed by atoms with Gasteiger partial charge in [0.25, 0.3) is 5.82 Å². The van der Waals surface area contributed by atoms with E-state index in [1.807, 2.05) is 0 Å². The van der Waals surface area contributed by atoms with E-state index >= 15 is 0 Å². The van der Waals surface area contributed by atoms with Crippen molar-refractivity contribution in [2.24, 2.45) is 0 Å². The van der Waals surface area contributed by atoms with E-state index in [9.17, 15) is 0 Å². The zero-order chi connectivity index (χ0) is 35.4. The first-order chi connectivity index (χ1) is 26.6. The van der Waals surface area contributed by atoms with E-state index in [0.29, 0.717) is 0 Å². The van der Waals surface area contributed by atoms with E-state index in [2.05, 4.69) is 190 Å². The summed E-state index contributed by atoms with van der Waals surface area (Å²) >= 11 is 0. The van der Waals surface area contributed by atoms with E-state index in [1.165, 1.54) is 88.1 Å². The summed E-state index contributed by atoms with van der Waals surface area (Å²) in [5.41, 5.74) is 12.5. The highest BCUT2D eigenvalue weighted by Gasteiger charge is 2.69. The lowest BCUT2D eigenvalue weighted by atomic mass is 9.84. The van der Waals surface area contributed by atoms with Gasteiger partial charge >= 0.3 is 5.66 Å². The van der Waals surface area contributed by atoms with Gasteiger partial charge in [-0.1, -0.05) is 102 Å². The topological polar surface area (TPSA) is 26.8 Å². The number of hydrogen-bond acceptors (Lipinski definition) is 1. The van der Waals surface area contributed by atoms with Crippen LogP contribution in [0.25, 0.3) is 77.1 Å². The van der Waals surface area contributed by atoms with Gasteiger partial charge in [0.2, 0.25) is 5.69 Å². The van der Waals surface area contributed by atoms with Gasteiger partial charge in [0, 0.05) is 23.8 Å². The van der Waals surface area contributed by atoms with Gasteiger partial charge < -0.3 is 4.74 Å². The van der Waals surface area contributed by atoms with Gasteiger partial charge in [0.1, 0.15) is 28.3 Å². The predicted octanol–water partition coefficient (Wildman–Crippen LogP) is 10.4. The van der Waals surface area contributed by atoms with Crippen molar-refractivity contribution in [3.63, 3.8) is 0 Å². The summed E-state index contributed by atoms with van der Waals surface area (Å²) < 4.78 is 16.8. The molecule has 0 amide bonds. The Morgan fingerprint density at radius 1 is 0.556 bits per heavy atom. The summed E-state index contributed by atoms with van der Waals surface area (Å²) in [5.74, 6) is 2.92. The molecular formula is C49H32N4O+2. The van der Waals surface area contributed by atoms with E-state index in [4.69, 9.17) is 4.74 Å². The lowest BCUT2D eigenvalue weighted by Crippen LogP contribution is -2.77. The van der Waals surface area contributed by atoms with Crippen molar-refractivity contribution in [2.75, 3.05) is 0 Å². The standard InChI is InChI=1S/C49H32N4O/c1-29-44(31-21-23-32(24-22-31)45-35-14-5-3-12-33(35)28-34-13-4-6-15-36(34)45)30(2)53-49-46-40(52(29)53)18-11-19-41(46)54-42-26-25-38-37-16-7-8-17-39(37)51(48(38)47(42)49)43-20-9-10-27-50(43)49/h3-28H,1-2H3/q+2. The smallest absolute Gasteiger partial charge is 0.397 e. The first-order valence-corrected chi connectivity index (χ1v) is 18.7. The maximum absolute atomic E-state index is 6.90. The normalized spacial score (nSPS) is 15.8. The number of rotatable bonds is 2. The summed E-state index contributed by atoms with van der Waals surface area (Å²) in [5, 5.41) is 7.55. The van der Waals surface area contributed by atoms with Crippen LogP contribution in [0.1, 0.15) is 22.5 Å². The van der Waals surface area contributed by atoms with E-state index < -0.39 is 5.66 Å². The molecule has 0 radical (unpaired) electrons. The molecule has 0 aliphatic carbocycles. The van der Waals surface area contributed by atoms with Crippen LogP contribution in [0.5, 0.6) is 11.5 Å². The SMILES string of the molecule is Cc1c(-c2ccc(-c3c4ccccc4cc4ccccc34)cc2)c(C)[n+]2n1-c1cccc3c1C21c2c(ccc4c5ccccc5n(c24)-c2cccc[n+]21)O3. The van der Waals surface area contributed by atoms with Gasteiger partial charge in [-0.05, 0) is 93.7 Å². The highest BCUT2D eigenvalue weighted by molar-refractivity contribution is 6.13. The minimum absolute atomic E-state index is 0.713. The van der Waals surface area contributed by atoms with Gasteiger partial charge in [-0.3, -0.25) is 0 Å². The molecule has 3 aromatic heterocycles. The Labute approximate surface area is 310 Å². The fourth-order valence-corrected chi connectivity index (χ4v) is 10.5. The molecule has 0 saturated heterocycles. The molecule has 0 bridgehead atoms. The molecule has 54 heavy (non-hydrogen) atoms. The Kier molecular flexibility index (Phi) is 5.14. The molecule has 252 valence electrons. The second-order valence-corrected chi connectivity index (χ2v) is 15.0. The summed E-state index contributed by atoms with van der Waals surface area (Å²) in [6, 6.07) is 55.4. The third-order valence-corrected chi connectivity index (χ3v) is 12.5. The molecule has 6 heterocycles. The zero-order valence-corrected chi connectivity index (χ0v) is 29.7. The lowest BCUT2D eigenvalue weighted by Gasteiger charge is -2.33. The van der Waals surface area contributed by atoms with Crippen LogP contribution in [0, 0.1) is 13.8 Å². The van der Waals surface area contributed by atoms with Crippen LogP contribution in [-0.4, -0.2) is 9.25 Å². The molecule has 10 aromatic rings. The number of pyridine rings is 1. The van der Waals surface area contributed by atoms with Gasteiger partial charge in [0.15, 0.2) is 11.1 Å². The number of ether oxygens (including phenoxy) is 1. The van der Waals surface area contributed by atoms with Crippen LogP contribution in [0.15, 0.2) is 158 Å². The molecule has 1 atom stereocenters. The van der Waals surface area contributed by atoms with E-state index in [1.54, 1.807) is 0 Å². The Morgan fingerprint density at radius 3 is 2.00 bits per heavy atom. The molecule has 1 spiro atoms. The first kappa shape index (κ1) is 28.6. The molecule has 0 N–H and O–H groups in total. The summed E-state index contributed by atoms with van der Waals surface area (Å²) in [7, 11) is 0. The minimum atomic E-state index is -0.713. The molecule has 3 aliphatic rings. The summed E-state index contributed by atoms with van der Waals surface area (Å²) in [4.78, 5) is 0. The zero-order valence-electron chi connectivity index (χ0n) is 29.7. The average molecular weight is 693 g/mol. The van der Waals surface area contributed by atoms with E-state index in [0.717, 1.165) is 23.0 Å². The summed E-state index contributed by atoms with van der Waals surface area (Å²) in [6.45, 7) is 4.57. The minimum Gasteiger partial charge on any atom is -0.456 e. The molecule has 0 saturated carbocycles. The van der Waals surface area contributed by atoms with Crippen LogP contribution < -0.4 is 14.0 Å². The summed E-state index contributed by atoms with van der Waals surface area (Å²) in [6.07, 6.45) is 2.26. The third kappa shape index (κ3) is 3.17. The number of fused-ring (bicyclic) bond motifs is 9. The van der Waals surface area contributed by atoms with Crippen LogP contribution in [0.3, 0.4) is 0 Å². The van der Waals surface area contributed by atoms with Crippen LogP contribution in [-0.2, 0) is 5.66 Å². The van der Waals surface area contributed by atoms with Crippen molar-refractivity contribution >= 4 is 43.4 Å². The molecule has 5 nitrogen and oxygen atoms in total. The van der Waals surface area contributed by atoms with Crippen molar-refractivity contribution in [3.8, 4) is 45.3 Å². The molecule has 1 unspecified atom stereocenters. The Bertz CT molecular complexity index is 3280. The molecule has 3 aliphatic heterocycles. The fraction of sp³-hybridized carbons (Fsp3) is 0.0612. The van der Waals surface area contributed by atoms with Gasteiger partial charge in [-0.2, -0.15) is 9.13 Å². The number of nitrogens with zero attached hydrogens (tertiary/aromatic N) is 4. The Hall–Kier alpha value is -6.98. The molecular weight excluding hydrogens is 661 g/mol. The third-order valence-electron chi connectivity index (χ3n) is 12.5. The molecule has 5 heteroatoms. The number of hydrogen-bond donors (Lipinski definition) is 0. The Balaban J connectivity index is 1.10. The maximum atomic E-state index is 6.90. The largest absolute Gasteiger partial charge is 0.456 e. The maximum Gasteiger partial charge on any atom is 0.397 e. The van der Waals surface area contributed by atoms with Gasteiger partial charge in [0.05, 0.1) is 17.5 Å². The van der Waals surface area contributed by atoms with Crippen LogP contribution in [0.4, 0.5) is 0 Å². The number of benzene rings is 7. The highest BCUT2D eigenvalue weighted by Crippen LogP contribution is 2.56.